The average Bonchev–Trinajstić information content (AvgIpc) is 2.86. The fraction of sp³-hybridized carbons (Fsp3) is 0.414. The summed E-state index contributed by atoms with van der Waals surface area (Å²) in [5.41, 5.74) is 1.60. The molecular weight excluding hydrogens is 472 g/mol. The third-order valence-corrected chi connectivity index (χ3v) is 5.98. The molecule has 1 aliphatic carbocycles. The molecule has 0 heterocycles. The summed E-state index contributed by atoms with van der Waals surface area (Å²) in [6.45, 7) is 5.65. The van der Waals surface area contributed by atoms with E-state index in [0.29, 0.717) is 24.8 Å². The van der Waals surface area contributed by atoms with Crippen LogP contribution in [-0.2, 0) is 20.8 Å². The minimum Gasteiger partial charge on any atom is -0.465 e. The van der Waals surface area contributed by atoms with Gasteiger partial charge in [0.25, 0.3) is 0 Å². The minimum atomic E-state index is -0.588. The number of benzene rings is 2. The van der Waals surface area contributed by atoms with Gasteiger partial charge in [-0.2, -0.15) is 0 Å². The SMILES string of the molecule is COC(=O)c1cccc(/C=C/[C@@H]2C[C@H](NC(=O)OC(C)(C)C)CC[C@@H]2NC(=O)OCc2ccccc2)c1. The predicted octanol–water partition coefficient (Wildman–Crippen LogP) is 5.47. The number of carbonyl (C=O) groups is 3. The molecule has 1 saturated carbocycles. The van der Waals surface area contributed by atoms with Gasteiger partial charge in [0.05, 0.1) is 12.7 Å². The third kappa shape index (κ3) is 9.29. The van der Waals surface area contributed by atoms with E-state index in [0.717, 1.165) is 11.1 Å². The molecule has 3 atom stereocenters. The molecule has 0 aromatic heterocycles. The van der Waals surface area contributed by atoms with E-state index in [1.807, 2.05) is 69.3 Å². The second kappa shape index (κ2) is 12.9. The maximum Gasteiger partial charge on any atom is 0.407 e. The van der Waals surface area contributed by atoms with Crippen LogP contribution in [0.4, 0.5) is 9.59 Å². The Bertz CT molecular complexity index is 1090. The molecule has 2 aromatic rings. The number of nitrogens with one attached hydrogen (secondary N) is 2. The summed E-state index contributed by atoms with van der Waals surface area (Å²) in [6.07, 6.45) is 4.91. The molecule has 8 heteroatoms. The van der Waals surface area contributed by atoms with Crippen LogP contribution in [0.2, 0.25) is 0 Å². The molecule has 2 aromatic carbocycles. The highest BCUT2D eigenvalue weighted by atomic mass is 16.6. The molecule has 8 nitrogen and oxygen atoms in total. The van der Waals surface area contributed by atoms with Gasteiger partial charge < -0.3 is 24.8 Å². The van der Waals surface area contributed by atoms with Crippen molar-refractivity contribution in [2.45, 2.75) is 64.3 Å². The highest BCUT2D eigenvalue weighted by Crippen LogP contribution is 2.28. The lowest BCUT2D eigenvalue weighted by molar-refractivity contribution is 0.0480. The van der Waals surface area contributed by atoms with Gasteiger partial charge in [-0.05, 0) is 69.2 Å². The van der Waals surface area contributed by atoms with Crippen LogP contribution >= 0.6 is 0 Å². The lowest BCUT2D eigenvalue weighted by Gasteiger charge is -2.35. The lowest BCUT2D eigenvalue weighted by Crippen LogP contribution is -2.49. The topological polar surface area (TPSA) is 103 Å². The number of ether oxygens (including phenoxy) is 3. The zero-order chi connectivity index (χ0) is 26.8. The Labute approximate surface area is 218 Å². The van der Waals surface area contributed by atoms with Crippen LogP contribution in [0.1, 0.15) is 61.5 Å². The zero-order valence-corrected chi connectivity index (χ0v) is 21.9. The normalized spacial score (nSPS) is 19.6. The molecule has 2 amide bonds. The molecule has 0 spiro atoms. The van der Waals surface area contributed by atoms with E-state index >= 15 is 0 Å². The van der Waals surface area contributed by atoms with Gasteiger partial charge in [-0.1, -0.05) is 54.6 Å². The van der Waals surface area contributed by atoms with E-state index in [1.54, 1.807) is 18.2 Å². The summed E-state index contributed by atoms with van der Waals surface area (Å²) < 4.78 is 15.7. The molecule has 37 heavy (non-hydrogen) atoms. The van der Waals surface area contributed by atoms with Crippen molar-refractivity contribution in [2.75, 3.05) is 7.11 Å². The van der Waals surface area contributed by atoms with E-state index in [1.165, 1.54) is 7.11 Å². The van der Waals surface area contributed by atoms with E-state index in [2.05, 4.69) is 10.6 Å². The molecular formula is C29H36N2O6. The van der Waals surface area contributed by atoms with Gasteiger partial charge in [0, 0.05) is 12.1 Å². The van der Waals surface area contributed by atoms with Crippen molar-refractivity contribution in [3.8, 4) is 0 Å². The van der Waals surface area contributed by atoms with E-state index in [9.17, 15) is 14.4 Å². The maximum absolute atomic E-state index is 12.6. The van der Waals surface area contributed by atoms with Crippen LogP contribution in [0, 0.1) is 5.92 Å². The molecule has 1 fully saturated rings. The summed E-state index contributed by atoms with van der Waals surface area (Å²) in [5, 5.41) is 5.95. The first kappa shape index (κ1) is 27.8. The molecule has 3 rings (SSSR count). The summed E-state index contributed by atoms with van der Waals surface area (Å²) in [6, 6.07) is 16.3. The first-order valence-corrected chi connectivity index (χ1v) is 12.5. The van der Waals surface area contributed by atoms with Crippen LogP contribution in [0.5, 0.6) is 0 Å². The minimum absolute atomic E-state index is 0.0836. The number of amides is 2. The Morgan fingerprint density at radius 3 is 2.43 bits per heavy atom. The Balaban J connectivity index is 1.69. The maximum atomic E-state index is 12.6. The first-order chi connectivity index (χ1) is 17.6. The highest BCUT2D eigenvalue weighted by Gasteiger charge is 2.32. The molecule has 2 N–H and O–H groups in total. The number of alkyl carbamates (subject to hydrolysis) is 2. The number of carbonyl (C=O) groups excluding carboxylic acids is 3. The number of esters is 1. The fourth-order valence-corrected chi connectivity index (χ4v) is 4.24. The van der Waals surface area contributed by atoms with Crippen LogP contribution in [0.3, 0.4) is 0 Å². The average molecular weight is 509 g/mol. The summed E-state index contributed by atoms with van der Waals surface area (Å²) in [5.74, 6) is -0.491. The number of hydrogen-bond acceptors (Lipinski definition) is 6. The van der Waals surface area contributed by atoms with Crippen molar-refractivity contribution in [2.24, 2.45) is 5.92 Å². The molecule has 0 bridgehead atoms. The summed E-state index contributed by atoms with van der Waals surface area (Å²) in [7, 11) is 1.35. The van der Waals surface area contributed by atoms with Gasteiger partial charge >= 0.3 is 18.2 Å². The lowest BCUT2D eigenvalue weighted by atomic mass is 9.81. The Kier molecular flexibility index (Phi) is 9.71. The van der Waals surface area contributed by atoms with Crippen LogP contribution in [0.25, 0.3) is 6.08 Å². The predicted molar refractivity (Wildman–Crippen MR) is 141 cm³/mol. The Hall–Kier alpha value is -3.81. The number of rotatable bonds is 7. The van der Waals surface area contributed by atoms with Gasteiger partial charge in [-0.25, -0.2) is 14.4 Å². The number of methoxy groups -OCH3 is 1. The van der Waals surface area contributed by atoms with Crippen LogP contribution in [-0.4, -0.2) is 43.0 Å². The molecule has 0 aliphatic heterocycles. The molecule has 0 unspecified atom stereocenters. The van der Waals surface area contributed by atoms with E-state index in [-0.39, 0.29) is 24.6 Å². The second-order valence-corrected chi connectivity index (χ2v) is 10.1. The third-order valence-electron chi connectivity index (χ3n) is 5.98. The highest BCUT2D eigenvalue weighted by molar-refractivity contribution is 5.90. The van der Waals surface area contributed by atoms with E-state index in [4.69, 9.17) is 14.2 Å². The monoisotopic (exact) mass is 508 g/mol. The van der Waals surface area contributed by atoms with Crippen molar-refractivity contribution in [3.05, 3.63) is 77.4 Å². The van der Waals surface area contributed by atoms with Crippen molar-refractivity contribution in [1.82, 2.24) is 10.6 Å². The number of hydrogen-bond donors (Lipinski definition) is 2. The summed E-state index contributed by atoms with van der Waals surface area (Å²) in [4.78, 5) is 36.8. The molecule has 0 radical (unpaired) electrons. The standard InChI is InChI=1S/C29H36N2O6/c1-29(2,3)37-28(34)30-24-15-16-25(31-27(33)36-19-21-9-6-5-7-10-21)22(18-24)14-13-20-11-8-12-23(17-20)26(32)35-4/h5-14,17,22,24-25H,15-16,18-19H2,1-4H3,(H,30,34)(H,31,33)/b14-13+/t22-,24-,25+/m1/s1. The Morgan fingerprint density at radius 1 is 0.973 bits per heavy atom. The van der Waals surface area contributed by atoms with Crippen molar-refractivity contribution < 1.29 is 28.6 Å². The van der Waals surface area contributed by atoms with Crippen molar-refractivity contribution in [3.63, 3.8) is 0 Å². The molecule has 1 aliphatic rings. The Morgan fingerprint density at radius 2 is 1.73 bits per heavy atom. The second-order valence-electron chi connectivity index (χ2n) is 10.1. The largest absolute Gasteiger partial charge is 0.465 e. The zero-order valence-electron chi connectivity index (χ0n) is 21.9. The van der Waals surface area contributed by atoms with Gasteiger partial charge in [0.2, 0.25) is 0 Å². The van der Waals surface area contributed by atoms with Crippen molar-refractivity contribution in [1.29, 1.82) is 0 Å². The van der Waals surface area contributed by atoms with Gasteiger partial charge in [-0.3, -0.25) is 0 Å². The quantitative estimate of drug-likeness (QED) is 0.380. The molecule has 0 saturated heterocycles. The van der Waals surface area contributed by atoms with Gasteiger partial charge in [0.15, 0.2) is 0 Å². The molecule has 198 valence electrons. The van der Waals surface area contributed by atoms with Gasteiger partial charge in [-0.15, -0.1) is 0 Å². The van der Waals surface area contributed by atoms with Crippen molar-refractivity contribution >= 4 is 24.2 Å². The smallest absolute Gasteiger partial charge is 0.407 e. The first-order valence-electron chi connectivity index (χ1n) is 12.5. The fourth-order valence-electron chi connectivity index (χ4n) is 4.24. The summed E-state index contributed by atoms with van der Waals surface area (Å²) >= 11 is 0. The van der Waals surface area contributed by atoms with E-state index < -0.39 is 23.8 Å². The van der Waals surface area contributed by atoms with Gasteiger partial charge in [0.1, 0.15) is 12.2 Å². The van der Waals surface area contributed by atoms with Crippen LogP contribution in [0.15, 0.2) is 60.7 Å². The van der Waals surface area contributed by atoms with Crippen LogP contribution < -0.4 is 10.6 Å².